The Balaban J connectivity index is 2.32. The molecule has 1 unspecified atom stereocenters. The zero-order chi connectivity index (χ0) is 14.0. The van der Waals surface area contributed by atoms with Crippen LogP contribution < -0.4 is 5.73 Å². The van der Waals surface area contributed by atoms with Crippen LogP contribution in [-0.2, 0) is 6.18 Å². The van der Waals surface area contributed by atoms with E-state index in [9.17, 15) is 13.2 Å². The molecule has 3 nitrogen and oxygen atoms in total. The van der Waals surface area contributed by atoms with E-state index in [1.54, 1.807) is 24.3 Å². The number of hydrogen-bond acceptors (Lipinski definition) is 2. The zero-order valence-electron chi connectivity index (χ0n) is 9.73. The number of nitrogens with zero attached hydrogens (tertiary/aromatic N) is 2. The van der Waals surface area contributed by atoms with E-state index < -0.39 is 17.9 Å². The molecule has 2 rings (SSSR count). The van der Waals surface area contributed by atoms with Crippen molar-refractivity contribution in [3.05, 3.63) is 52.8 Å². The quantitative estimate of drug-likeness (QED) is 0.943. The van der Waals surface area contributed by atoms with Gasteiger partial charge in [0.2, 0.25) is 0 Å². The Morgan fingerprint density at radius 1 is 1.21 bits per heavy atom. The van der Waals surface area contributed by atoms with Crippen molar-refractivity contribution in [2.45, 2.75) is 12.2 Å². The summed E-state index contributed by atoms with van der Waals surface area (Å²) in [6.07, 6.45) is -3.18. The number of aromatic nitrogens is 2. The number of halogens is 4. The molecule has 0 saturated heterocycles. The van der Waals surface area contributed by atoms with Gasteiger partial charge in [-0.05, 0) is 23.8 Å². The maximum Gasteiger partial charge on any atom is 0.435 e. The van der Waals surface area contributed by atoms with Gasteiger partial charge in [0.15, 0.2) is 5.69 Å². The number of hydrogen-bond donors (Lipinski definition) is 1. The predicted molar refractivity (Wildman–Crippen MR) is 65.9 cm³/mol. The Kier molecular flexibility index (Phi) is 3.82. The minimum absolute atomic E-state index is 0.139. The summed E-state index contributed by atoms with van der Waals surface area (Å²) in [5.41, 5.74) is 5.44. The summed E-state index contributed by atoms with van der Waals surface area (Å²) < 4.78 is 38.7. The number of alkyl halides is 3. The fourth-order valence-corrected chi connectivity index (χ4v) is 1.87. The fraction of sp³-hybridized carbons (Fsp3) is 0.250. The van der Waals surface area contributed by atoms with Gasteiger partial charge in [0.05, 0.1) is 6.04 Å². The highest BCUT2D eigenvalue weighted by Crippen LogP contribution is 2.28. The van der Waals surface area contributed by atoms with Crippen LogP contribution in [0.3, 0.4) is 0 Å². The van der Waals surface area contributed by atoms with Crippen molar-refractivity contribution in [3.8, 4) is 0 Å². The molecule has 102 valence electrons. The van der Waals surface area contributed by atoms with E-state index in [2.05, 4.69) is 5.10 Å². The number of benzene rings is 1. The lowest BCUT2D eigenvalue weighted by molar-refractivity contribution is -0.141. The molecule has 2 aromatic rings. The van der Waals surface area contributed by atoms with E-state index in [0.717, 1.165) is 11.6 Å². The van der Waals surface area contributed by atoms with Crippen LogP contribution in [-0.4, -0.2) is 16.3 Å². The van der Waals surface area contributed by atoms with Crippen molar-refractivity contribution >= 4 is 11.6 Å². The first-order valence-electron chi connectivity index (χ1n) is 5.49. The molecule has 1 aromatic carbocycles. The second kappa shape index (κ2) is 5.22. The SMILES string of the molecule is NCC(c1ccc(Cl)cc1)n1ccc(C(F)(F)F)n1. The minimum atomic E-state index is -4.45. The average molecular weight is 290 g/mol. The van der Waals surface area contributed by atoms with Crippen molar-refractivity contribution in [2.75, 3.05) is 6.54 Å². The highest BCUT2D eigenvalue weighted by Gasteiger charge is 2.34. The van der Waals surface area contributed by atoms with E-state index in [-0.39, 0.29) is 6.54 Å². The van der Waals surface area contributed by atoms with Gasteiger partial charge in [-0.1, -0.05) is 23.7 Å². The van der Waals surface area contributed by atoms with Crippen LogP contribution in [0.25, 0.3) is 0 Å². The van der Waals surface area contributed by atoms with Gasteiger partial charge in [-0.25, -0.2) is 0 Å². The van der Waals surface area contributed by atoms with Crippen molar-refractivity contribution in [1.82, 2.24) is 9.78 Å². The van der Waals surface area contributed by atoms with Crippen molar-refractivity contribution < 1.29 is 13.2 Å². The van der Waals surface area contributed by atoms with Crippen molar-refractivity contribution in [1.29, 1.82) is 0 Å². The third-order valence-electron chi connectivity index (χ3n) is 2.70. The third kappa shape index (κ3) is 3.08. The molecule has 1 heterocycles. The lowest BCUT2D eigenvalue weighted by atomic mass is 10.1. The largest absolute Gasteiger partial charge is 0.435 e. The van der Waals surface area contributed by atoms with E-state index in [4.69, 9.17) is 17.3 Å². The summed E-state index contributed by atoms with van der Waals surface area (Å²) >= 11 is 5.77. The number of nitrogens with two attached hydrogens (primary N) is 1. The Morgan fingerprint density at radius 2 is 1.84 bits per heavy atom. The van der Waals surface area contributed by atoms with Crippen molar-refractivity contribution in [2.24, 2.45) is 5.73 Å². The molecule has 0 fully saturated rings. The first-order valence-corrected chi connectivity index (χ1v) is 5.87. The maximum atomic E-state index is 12.5. The summed E-state index contributed by atoms with van der Waals surface area (Å²) in [5.74, 6) is 0. The first kappa shape index (κ1) is 13.9. The molecule has 0 saturated carbocycles. The maximum absolute atomic E-state index is 12.5. The van der Waals surface area contributed by atoms with Gasteiger partial charge in [0, 0.05) is 17.8 Å². The number of rotatable bonds is 3. The van der Waals surface area contributed by atoms with Crippen LogP contribution in [0.1, 0.15) is 17.3 Å². The molecule has 0 aliphatic carbocycles. The lowest BCUT2D eigenvalue weighted by Crippen LogP contribution is -2.21. The van der Waals surface area contributed by atoms with Crippen LogP contribution in [0, 0.1) is 0 Å². The summed E-state index contributed by atoms with van der Waals surface area (Å²) in [5, 5.41) is 4.08. The molecule has 0 bridgehead atoms. The Bertz CT molecular complexity index is 548. The molecule has 19 heavy (non-hydrogen) atoms. The van der Waals surface area contributed by atoms with Crippen LogP contribution in [0.2, 0.25) is 5.02 Å². The minimum Gasteiger partial charge on any atom is -0.328 e. The summed E-state index contributed by atoms with van der Waals surface area (Å²) in [7, 11) is 0. The smallest absolute Gasteiger partial charge is 0.328 e. The Labute approximate surface area is 112 Å². The van der Waals surface area contributed by atoms with Crippen molar-refractivity contribution in [3.63, 3.8) is 0 Å². The summed E-state index contributed by atoms with van der Waals surface area (Å²) in [6.45, 7) is 0.139. The highest BCUT2D eigenvalue weighted by atomic mass is 35.5. The molecule has 1 atom stereocenters. The zero-order valence-corrected chi connectivity index (χ0v) is 10.5. The highest BCUT2D eigenvalue weighted by molar-refractivity contribution is 6.30. The van der Waals surface area contributed by atoms with Crippen LogP contribution in [0.15, 0.2) is 36.5 Å². The molecule has 2 N–H and O–H groups in total. The molecule has 0 aliphatic rings. The second-order valence-electron chi connectivity index (χ2n) is 3.98. The van der Waals surface area contributed by atoms with Crippen LogP contribution >= 0.6 is 11.6 Å². The van der Waals surface area contributed by atoms with Gasteiger partial charge >= 0.3 is 6.18 Å². The molecular weight excluding hydrogens is 279 g/mol. The van der Waals surface area contributed by atoms with E-state index >= 15 is 0 Å². The van der Waals surface area contributed by atoms with Gasteiger partial charge in [0.1, 0.15) is 0 Å². The van der Waals surface area contributed by atoms with Crippen LogP contribution in [0.5, 0.6) is 0 Å². The average Bonchev–Trinajstić information content (AvgIpc) is 2.82. The molecule has 0 amide bonds. The van der Waals surface area contributed by atoms with Gasteiger partial charge in [-0.15, -0.1) is 0 Å². The van der Waals surface area contributed by atoms with E-state index in [1.165, 1.54) is 10.9 Å². The second-order valence-corrected chi connectivity index (χ2v) is 4.42. The first-order chi connectivity index (χ1) is 8.91. The molecule has 7 heteroatoms. The predicted octanol–water partition coefficient (Wildman–Crippen LogP) is 3.10. The Hall–Kier alpha value is -1.53. The molecule has 0 spiro atoms. The van der Waals surface area contributed by atoms with Gasteiger partial charge in [-0.3, -0.25) is 4.68 Å². The van der Waals surface area contributed by atoms with Gasteiger partial charge in [0.25, 0.3) is 0 Å². The monoisotopic (exact) mass is 289 g/mol. The molecule has 0 radical (unpaired) electrons. The molecular formula is C12H11ClF3N3. The van der Waals surface area contributed by atoms with Crippen LogP contribution in [0.4, 0.5) is 13.2 Å². The topological polar surface area (TPSA) is 43.8 Å². The molecule has 1 aromatic heterocycles. The third-order valence-corrected chi connectivity index (χ3v) is 2.95. The summed E-state index contributed by atoms with van der Waals surface area (Å²) in [4.78, 5) is 0. The molecule has 0 aliphatic heterocycles. The normalized spacial score (nSPS) is 13.5. The van der Waals surface area contributed by atoms with Gasteiger partial charge in [-0.2, -0.15) is 18.3 Å². The summed E-state index contributed by atoms with van der Waals surface area (Å²) in [6, 6.07) is 7.23. The Morgan fingerprint density at radius 3 is 2.32 bits per heavy atom. The van der Waals surface area contributed by atoms with E-state index in [1.807, 2.05) is 0 Å². The van der Waals surface area contributed by atoms with Gasteiger partial charge < -0.3 is 5.73 Å². The van der Waals surface area contributed by atoms with E-state index in [0.29, 0.717) is 5.02 Å². The fourth-order valence-electron chi connectivity index (χ4n) is 1.74. The standard InChI is InChI=1S/C12H11ClF3N3/c13-9-3-1-8(2-4-9)10(7-17)19-6-5-11(18-19)12(14,15)16/h1-6,10H,7,17H2. The lowest BCUT2D eigenvalue weighted by Gasteiger charge is -2.16.